The summed E-state index contributed by atoms with van der Waals surface area (Å²) >= 11 is 0. The molecule has 0 bridgehead atoms. The molecule has 0 saturated carbocycles. The second kappa shape index (κ2) is 9.35. The lowest BCUT2D eigenvalue weighted by atomic mass is 10.3. The van der Waals surface area contributed by atoms with Crippen LogP contribution in [0.4, 0.5) is 5.69 Å². The van der Waals surface area contributed by atoms with E-state index in [9.17, 15) is 0 Å². The van der Waals surface area contributed by atoms with Gasteiger partial charge in [0.2, 0.25) is 5.96 Å². The Balaban J connectivity index is 2.62. The summed E-state index contributed by atoms with van der Waals surface area (Å²) in [6.45, 7) is 7.04. The molecule has 0 radical (unpaired) electrons. The molecule has 106 valence electrons. The summed E-state index contributed by atoms with van der Waals surface area (Å²) in [6.07, 6.45) is 0.894. The van der Waals surface area contributed by atoms with Crippen LogP contribution in [-0.4, -0.2) is 32.3 Å². The number of hydrazine groups is 1. The van der Waals surface area contributed by atoms with E-state index in [0.29, 0.717) is 12.5 Å². The van der Waals surface area contributed by atoms with Crippen molar-refractivity contribution in [2.45, 2.75) is 20.3 Å². The summed E-state index contributed by atoms with van der Waals surface area (Å²) < 4.78 is 5.29. The monoisotopic (exact) mass is 264 g/mol. The van der Waals surface area contributed by atoms with Crippen molar-refractivity contribution >= 4 is 11.6 Å². The molecular weight excluding hydrogens is 240 g/mol. The van der Waals surface area contributed by atoms with Gasteiger partial charge >= 0.3 is 0 Å². The van der Waals surface area contributed by atoms with Gasteiger partial charge in [0.1, 0.15) is 0 Å². The van der Waals surface area contributed by atoms with E-state index in [2.05, 4.69) is 17.3 Å². The van der Waals surface area contributed by atoms with Gasteiger partial charge in [0.15, 0.2) is 0 Å². The Morgan fingerprint density at radius 3 is 2.63 bits per heavy atom. The van der Waals surface area contributed by atoms with Crippen molar-refractivity contribution in [2.24, 2.45) is 10.8 Å². The Labute approximate surface area is 115 Å². The molecule has 0 aliphatic carbocycles. The molecule has 0 fully saturated rings. The Morgan fingerprint density at radius 2 is 2.05 bits per heavy atom. The summed E-state index contributed by atoms with van der Waals surface area (Å²) in [5.74, 6) is 6.26. The maximum absolute atomic E-state index is 5.57. The number of nitrogens with zero attached hydrogens (tertiary/aromatic N) is 2. The first kappa shape index (κ1) is 15.5. The highest BCUT2D eigenvalue weighted by Gasteiger charge is 2.09. The molecule has 0 spiro atoms. The maximum atomic E-state index is 5.57. The van der Waals surface area contributed by atoms with Crippen LogP contribution >= 0.6 is 0 Å². The van der Waals surface area contributed by atoms with Crippen molar-refractivity contribution in [1.29, 1.82) is 0 Å². The number of guanidine groups is 1. The molecule has 0 unspecified atom stereocenters. The number of rotatable bonds is 7. The van der Waals surface area contributed by atoms with Gasteiger partial charge in [-0.15, -0.1) is 0 Å². The highest BCUT2D eigenvalue weighted by Crippen LogP contribution is 2.12. The van der Waals surface area contributed by atoms with E-state index in [1.165, 1.54) is 0 Å². The van der Waals surface area contributed by atoms with Crippen LogP contribution in [0.2, 0.25) is 0 Å². The van der Waals surface area contributed by atoms with E-state index in [0.717, 1.165) is 31.9 Å². The topological polar surface area (TPSA) is 62.9 Å². The number of hydrogen-bond donors (Lipinski definition) is 2. The van der Waals surface area contributed by atoms with Crippen LogP contribution in [0.25, 0.3) is 0 Å². The number of para-hydroxylation sites is 1. The van der Waals surface area contributed by atoms with Gasteiger partial charge in [0.05, 0.1) is 0 Å². The number of benzene rings is 1. The number of nitrogens with two attached hydrogens (primary N) is 1. The third-order valence-electron chi connectivity index (χ3n) is 2.68. The average molecular weight is 264 g/mol. The summed E-state index contributed by atoms with van der Waals surface area (Å²) in [4.78, 5) is 6.53. The number of aliphatic imine (C=N–C) groups is 1. The lowest BCUT2D eigenvalue weighted by Gasteiger charge is -2.24. The van der Waals surface area contributed by atoms with E-state index in [1.54, 1.807) is 0 Å². The van der Waals surface area contributed by atoms with Crippen molar-refractivity contribution in [3.8, 4) is 0 Å². The molecule has 0 atom stereocenters. The molecule has 1 aromatic rings. The maximum Gasteiger partial charge on any atom is 0.212 e. The van der Waals surface area contributed by atoms with Crippen molar-refractivity contribution < 1.29 is 4.74 Å². The van der Waals surface area contributed by atoms with Gasteiger partial charge in [0.25, 0.3) is 0 Å². The van der Waals surface area contributed by atoms with Crippen LogP contribution < -0.4 is 16.2 Å². The predicted molar refractivity (Wildman–Crippen MR) is 80.2 cm³/mol. The molecule has 1 rings (SSSR count). The highest BCUT2D eigenvalue weighted by atomic mass is 16.5. The van der Waals surface area contributed by atoms with Crippen LogP contribution in [-0.2, 0) is 4.74 Å². The van der Waals surface area contributed by atoms with E-state index in [4.69, 9.17) is 10.6 Å². The first-order valence-corrected chi connectivity index (χ1v) is 6.74. The second-order valence-electron chi connectivity index (χ2n) is 3.98. The Bertz CT molecular complexity index is 367. The predicted octanol–water partition coefficient (Wildman–Crippen LogP) is 1.76. The molecule has 1 aromatic carbocycles. The van der Waals surface area contributed by atoms with E-state index < -0.39 is 0 Å². The number of ether oxygens (including phenoxy) is 1. The molecule has 0 saturated heterocycles. The molecule has 19 heavy (non-hydrogen) atoms. The smallest absolute Gasteiger partial charge is 0.212 e. The number of nitrogens with one attached hydrogen (secondary N) is 1. The lowest BCUT2D eigenvalue weighted by molar-refractivity contribution is 0.146. The molecule has 0 aliphatic heterocycles. The van der Waals surface area contributed by atoms with Crippen molar-refractivity contribution in [2.75, 3.05) is 31.2 Å². The zero-order valence-corrected chi connectivity index (χ0v) is 11.8. The third-order valence-corrected chi connectivity index (χ3v) is 2.68. The van der Waals surface area contributed by atoms with Gasteiger partial charge < -0.3 is 9.64 Å². The van der Waals surface area contributed by atoms with Gasteiger partial charge in [-0.25, -0.2) is 5.84 Å². The quantitative estimate of drug-likeness (QED) is 0.259. The fraction of sp³-hybridized carbons (Fsp3) is 0.500. The number of anilines is 1. The van der Waals surface area contributed by atoms with E-state index in [-0.39, 0.29) is 0 Å². The third kappa shape index (κ3) is 5.28. The molecule has 5 nitrogen and oxygen atoms in total. The first-order chi connectivity index (χ1) is 9.33. The van der Waals surface area contributed by atoms with Gasteiger partial charge in [-0.2, -0.15) is 0 Å². The summed E-state index contributed by atoms with van der Waals surface area (Å²) in [7, 11) is 0. The standard InChI is InChI=1S/C14H24N4O/c1-3-18(13-9-6-5-7-10-13)14(17-15)16-11-8-12-19-4-2/h5-7,9-10H,3-4,8,11-12,15H2,1-2H3,(H,16,17). The SMILES string of the molecule is CCOCCCN=C(NN)N(CC)c1ccccc1. The minimum absolute atomic E-state index is 0.685. The fourth-order valence-corrected chi connectivity index (χ4v) is 1.77. The van der Waals surface area contributed by atoms with Gasteiger partial charge in [-0.05, 0) is 32.4 Å². The first-order valence-electron chi connectivity index (χ1n) is 6.74. The van der Waals surface area contributed by atoms with Crippen LogP contribution in [0.3, 0.4) is 0 Å². The molecule has 5 heteroatoms. The molecule has 3 N–H and O–H groups in total. The van der Waals surface area contributed by atoms with Gasteiger partial charge in [0, 0.05) is 32.0 Å². The van der Waals surface area contributed by atoms with Crippen LogP contribution in [0.15, 0.2) is 35.3 Å². The normalized spacial score (nSPS) is 11.4. The second-order valence-corrected chi connectivity index (χ2v) is 3.98. The fourth-order valence-electron chi connectivity index (χ4n) is 1.77. The minimum atomic E-state index is 0.685. The molecule has 0 aromatic heterocycles. The van der Waals surface area contributed by atoms with Gasteiger partial charge in [-0.3, -0.25) is 10.4 Å². The Kier molecular flexibility index (Phi) is 7.62. The summed E-state index contributed by atoms with van der Waals surface area (Å²) in [6, 6.07) is 10.1. The summed E-state index contributed by atoms with van der Waals surface area (Å²) in [5, 5.41) is 0. The Morgan fingerprint density at radius 1 is 1.32 bits per heavy atom. The highest BCUT2D eigenvalue weighted by molar-refractivity contribution is 5.95. The molecule has 0 aliphatic rings. The minimum Gasteiger partial charge on any atom is -0.382 e. The van der Waals surface area contributed by atoms with E-state index >= 15 is 0 Å². The largest absolute Gasteiger partial charge is 0.382 e. The van der Waals surface area contributed by atoms with Crippen molar-refractivity contribution in [1.82, 2.24) is 5.43 Å². The lowest BCUT2D eigenvalue weighted by Crippen LogP contribution is -2.45. The van der Waals surface area contributed by atoms with Crippen LogP contribution in [0.1, 0.15) is 20.3 Å². The van der Waals surface area contributed by atoms with Crippen molar-refractivity contribution in [3.63, 3.8) is 0 Å². The van der Waals surface area contributed by atoms with Gasteiger partial charge in [-0.1, -0.05) is 18.2 Å². The van der Waals surface area contributed by atoms with E-state index in [1.807, 2.05) is 42.2 Å². The molecular formula is C14H24N4O. The Hall–Kier alpha value is -1.59. The zero-order valence-electron chi connectivity index (χ0n) is 11.8. The van der Waals surface area contributed by atoms with Crippen LogP contribution in [0, 0.1) is 0 Å². The molecule has 0 amide bonds. The molecule has 0 heterocycles. The zero-order chi connectivity index (χ0) is 13.9. The van der Waals surface area contributed by atoms with Crippen molar-refractivity contribution in [3.05, 3.63) is 30.3 Å². The summed E-state index contributed by atoms with van der Waals surface area (Å²) in [5.41, 5.74) is 3.75. The average Bonchev–Trinajstić information content (AvgIpc) is 2.47. The number of hydrogen-bond acceptors (Lipinski definition) is 3. The van der Waals surface area contributed by atoms with Crippen LogP contribution in [0.5, 0.6) is 0 Å².